The number of amides is 1. The Labute approximate surface area is 107 Å². The minimum absolute atomic E-state index is 0.166. The molecule has 1 amide bonds. The topological polar surface area (TPSA) is 54.3 Å². The highest BCUT2D eigenvalue weighted by Crippen LogP contribution is 2.18. The van der Waals surface area contributed by atoms with Crippen LogP contribution < -0.4 is 5.32 Å². The quantitative estimate of drug-likeness (QED) is 0.851. The lowest BCUT2D eigenvalue weighted by Gasteiger charge is -2.14. The Balaban J connectivity index is 2.74. The molecule has 1 rings (SSSR count). The third-order valence-electron chi connectivity index (χ3n) is 2.57. The van der Waals surface area contributed by atoms with Crippen LogP contribution in [0, 0.1) is 0 Å². The molecule has 1 unspecified atom stereocenters. The maximum absolute atomic E-state index is 11.9. The van der Waals surface area contributed by atoms with Crippen molar-refractivity contribution in [2.45, 2.75) is 39.3 Å². The van der Waals surface area contributed by atoms with Gasteiger partial charge < -0.3 is 15.0 Å². The average Bonchev–Trinajstić information content (AvgIpc) is 2.67. The smallest absolute Gasteiger partial charge is 0.268 e. The molecule has 0 bridgehead atoms. The van der Waals surface area contributed by atoms with Gasteiger partial charge in [-0.3, -0.25) is 4.79 Å². The Bertz CT molecular complexity index is 388. The van der Waals surface area contributed by atoms with Gasteiger partial charge in [-0.15, -0.1) is 0 Å². The van der Waals surface area contributed by atoms with Gasteiger partial charge in [0.15, 0.2) is 0 Å². The number of carbonyl (C=O) groups is 1. The van der Waals surface area contributed by atoms with E-state index in [2.05, 4.69) is 5.32 Å². The molecule has 0 radical (unpaired) electrons. The number of rotatable bonds is 5. The highest BCUT2D eigenvalue weighted by Gasteiger charge is 2.15. The molecule has 17 heavy (non-hydrogen) atoms. The summed E-state index contributed by atoms with van der Waals surface area (Å²) in [6.07, 6.45) is 1.85. The molecule has 1 heterocycles. The van der Waals surface area contributed by atoms with Crippen molar-refractivity contribution in [1.82, 2.24) is 9.88 Å². The van der Waals surface area contributed by atoms with Crippen molar-refractivity contribution in [2.75, 3.05) is 6.54 Å². The predicted octanol–water partition coefficient (Wildman–Crippen LogP) is 2.22. The van der Waals surface area contributed by atoms with Crippen LogP contribution in [0.3, 0.4) is 0 Å². The zero-order valence-electron chi connectivity index (χ0n) is 10.4. The lowest BCUT2D eigenvalue weighted by molar-refractivity contribution is 0.0903. The lowest BCUT2D eigenvalue weighted by atomic mass is 10.2. The van der Waals surface area contributed by atoms with Crippen LogP contribution in [0.4, 0.5) is 0 Å². The van der Waals surface area contributed by atoms with E-state index in [1.165, 1.54) is 0 Å². The first kappa shape index (κ1) is 14.1. The molecule has 1 aromatic rings. The number of halogens is 1. The van der Waals surface area contributed by atoms with Gasteiger partial charge >= 0.3 is 0 Å². The number of carbonyl (C=O) groups excluding carboxylic acids is 1. The van der Waals surface area contributed by atoms with E-state index < -0.39 is 6.10 Å². The molecule has 96 valence electrons. The molecule has 0 saturated heterocycles. The highest BCUT2D eigenvalue weighted by atomic mass is 35.5. The van der Waals surface area contributed by atoms with Gasteiger partial charge in [-0.1, -0.05) is 18.5 Å². The van der Waals surface area contributed by atoms with E-state index in [9.17, 15) is 9.90 Å². The maximum atomic E-state index is 11.9. The number of aliphatic hydroxyl groups excluding tert-OH is 1. The van der Waals surface area contributed by atoms with Gasteiger partial charge in [0, 0.05) is 18.8 Å². The van der Waals surface area contributed by atoms with Gasteiger partial charge in [-0.2, -0.15) is 0 Å². The fourth-order valence-electron chi connectivity index (χ4n) is 1.50. The summed E-state index contributed by atoms with van der Waals surface area (Å²) in [4.78, 5) is 11.9. The predicted molar refractivity (Wildman–Crippen MR) is 68.5 cm³/mol. The molecule has 0 aliphatic rings. The molecule has 0 aliphatic heterocycles. The lowest BCUT2D eigenvalue weighted by Crippen LogP contribution is -2.33. The van der Waals surface area contributed by atoms with Gasteiger partial charge in [0.25, 0.3) is 5.91 Å². The van der Waals surface area contributed by atoms with E-state index in [4.69, 9.17) is 11.6 Å². The van der Waals surface area contributed by atoms with Gasteiger partial charge in [0.1, 0.15) is 5.69 Å². The number of hydrogen-bond donors (Lipinski definition) is 2. The zero-order chi connectivity index (χ0) is 13.0. The Kier molecular flexibility index (Phi) is 5.02. The van der Waals surface area contributed by atoms with Crippen molar-refractivity contribution < 1.29 is 9.90 Å². The summed E-state index contributed by atoms with van der Waals surface area (Å²) in [6.45, 7) is 6.09. The summed E-state index contributed by atoms with van der Waals surface area (Å²) in [5.74, 6) is -0.210. The first-order chi connectivity index (χ1) is 7.95. The first-order valence-corrected chi connectivity index (χ1v) is 6.17. The number of aromatic nitrogens is 1. The van der Waals surface area contributed by atoms with E-state index in [0.29, 0.717) is 17.1 Å². The molecule has 0 fully saturated rings. The molecule has 5 heteroatoms. The zero-order valence-corrected chi connectivity index (χ0v) is 11.2. The number of hydrogen-bond acceptors (Lipinski definition) is 2. The van der Waals surface area contributed by atoms with Crippen molar-refractivity contribution in [3.8, 4) is 0 Å². The molecule has 1 atom stereocenters. The Hall–Kier alpha value is -1.00. The van der Waals surface area contributed by atoms with Crippen molar-refractivity contribution in [1.29, 1.82) is 0 Å². The van der Waals surface area contributed by atoms with E-state index in [0.717, 1.165) is 0 Å². The number of nitrogens with one attached hydrogen (secondary N) is 1. The van der Waals surface area contributed by atoms with Crippen molar-refractivity contribution >= 4 is 17.5 Å². The van der Waals surface area contributed by atoms with Gasteiger partial charge in [-0.25, -0.2) is 0 Å². The average molecular weight is 259 g/mol. The monoisotopic (exact) mass is 258 g/mol. The van der Waals surface area contributed by atoms with Crippen molar-refractivity contribution in [3.05, 3.63) is 23.0 Å². The number of aliphatic hydroxyl groups is 1. The molecule has 0 aliphatic carbocycles. The molecular weight excluding hydrogens is 240 g/mol. The highest BCUT2D eigenvalue weighted by molar-refractivity contribution is 6.31. The number of nitrogens with zero attached hydrogens (tertiary/aromatic N) is 1. The maximum Gasteiger partial charge on any atom is 0.268 e. The summed E-state index contributed by atoms with van der Waals surface area (Å²) in [5.41, 5.74) is 0.522. The van der Waals surface area contributed by atoms with Crippen LogP contribution in [0.25, 0.3) is 0 Å². The van der Waals surface area contributed by atoms with E-state index in [1.54, 1.807) is 12.3 Å². The van der Waals surface area contributed by atoms with Crippen LogP contribution in [0.2, 0.25) is 5.02 Å². The summed E-state index contributed by atoms with van der Waals surface area (Å²) in [7, 11) is 0. The summed E-state index contributed by atoms with van der Waals surface area (Å²) in [6, 6.07) is 1.80. The Morgan fingerprint density at radius 1 is 1.59 bits per heavy atom. The normalized spacial score (nSPS) is 12.8. The molecule has 0 saturated carbocycles. The van der Waals surface area contributed by atoms with Crippen LogP contribution in [0.1, 0.15) is 43.7 Å². The first-order valence-electron chi connectivity index (χ1n) is 5.79. The molecule has 2 N–H and O–H groups in total. The molecule has 0 spiro atoms. The van der Waals surface area contributed by atoms with E-state index in [-0.39, 0.29) is 18.5 Å². The van der Waals surface area contributed by atoms with Crippen LogP contribution >= 0.6 is 11.6 Å². The fraction of sp³-hybridized carbons (Fsp3) is 0.583. The molecule has 1 aromatic heterocycles. The summed E-state index contributed by atoms with van der Waals surface area (Å²) in [5, 5.41) is 12.6. The minimum Gasteiger partial charge on any atom is -0.391 e. The molecule has 4 nitrogen and oxygen atoms in total. The van der Waals surface area contributed by atoms with Crippen LogP contribution in [0.5, 0.6) is 0 Å². The molecule has 0 aromatic carbocycles. The fourth-order valence-corrected chi connectivity index (χ4v) is 1.71. The minimum atomic E-state index is -0.503. The van der Waals surface area contributed by atoms with Crippen LogP contribution in [-0.4, -0.2) is 28.2 Å². The standard InChI is InChI=1S/C12H19ClN2O2/c1-4-10(16)6-14-12(17)11-5-9(13)7-15(11)8(2)3/h5,7-8,10,16H,4,6H2,1-3H3,(H,14,17). The second-order valence-corrected chi connectivity index (χ2v) is 4.75. The second kappa shape index (κ2) is 6.07. The van der Waals surface area contributed by atoms with E-state index in [1.807, 2.05) is 25.3 Å². The van der Waals surface area contributed by atoms with E-state index >= 15 is 0 Å². The largest absolute Gasteiger partial charge is 0.391 e. The van der Waals surface area contributed by atoms with Crippen LogP contribution in [0.15, 0.2) is 12.3 Å². The van der Waals surface area contributed by atoms with Crippen LogP contribution in [-0.2, 0) is 0 Å². The van der Waals surface area contributed by atoms with Gasteiger partial charge in [0.2, 0.25) is 0 Å². The van der Waals surface area contributed by atoms with Gasteiger partial charge in [0.05, 0.1) is 11.1 Å². The van der Waals surface area contributed by atoms with Crippen molar-refractivity contribution in [3.63, 3.8) is 0 Å². The Morgan fingerprint density at radius 2 is 2.24 bits per heavy atom. The second-order valence-electron chi connectivity index (χ2n) is 4.32. The summed E-state index contributed by atoms with van der Waals surface area (Å²) >= 11 is 5.89. The Morgan fingerprint density at radius 3 is 2.76 bits per heavy atom. The third kappa shape index (κ3) is 3.75. The third-order valence-corrected chi connectivity index (χ3v) is 2.78. The van der Waals surface area contributed by atoms with Gasteiger partial charge in [-0.05, 0) is 26.3 Å². The molecular formula is C12H19ClN2O2. The van der Waals surface area contributed by atoms with Crippen molar-refractivity contribution in [2.24, 2.45) is 0 Å². The SMILES string of the molecule is CCC(O)CNC(=O)c1cc(Cl)cn1C(C)C. The summed E-state index contributed by atoms with van der Waals surface area (Å²) < 4.78 is 1.82.